The van der Waals surface area contributed by atoms with Crippen molar-refractivity contribution in [3.8, 4) is 11.5 Å². The van der Waals surface area contributed by atoms with Crippen molar-refractivity contribution < 1.29 is 14.3 Å². The van der Waals surface area contributed by atoms with E-state index in [0.717, 1.165) is 18.3 Å². The van der Waals surface area contributed by atoms with Gasteiger partial charge < -0.3 is 9.47 Å². The zero-order valence-corrected chi connectivity index (χ0v) is 15.1. The third-order valence-corrected chi connectivity index (χ3v) is 7.04. The van der Waals surface area contributed by atoms with Crippen LogP contribution in [-0.2, 0) is 11.2 Å². The Labute approximate surface area is 144 Å². The largest absolute Gasteiger partial charge is 0.493 e. The highest BCUT2D eigenvalue weighted by Gasteiger charge is 2.50. The molecule has 3 aliphatic rings. The molecule has 3 nitrogen and oxygen atoms in total. The van der Waals surface area contributed by atoms with E-state index in [1.54, 1.807) is 7.11 Å². The van der Waals surface area contributed by atoms with E-state index in [0.29, 0.717) is 22.8 Å². The average molecular weight is 328 g/mol. The monoisotopic (exact) mass is 328 g/mol. The van der Waals surface area contributed by atoms with Gasteiger partial charge in [0.05, 0.1) is 7.11 Å². The maximum atomic E-state index is 11.4. The van der Waals surface area contributed by atoms with Crippen LogP contribution in [0.2, 0.25) is 0 Å². The van der Waals surface area contributed by atoms with Crippen molar-refractivity contribution in [2.24, 2.45) is 17.3 Å². The Balaban J connectivity index is 1.70. The summed E-state index contributed by atoms with van der Waals surface area (Å²) in [4.78, 5) is 11.4. The minimum atomic E-state index is -0.290. The molecule has 24 heavy (non-hydrogen) atoms. The topological polar surface area (TPSA) is 35.5 Å². The van der Waals surface area contributed by atoms with Crippen LogP contribution in [0.4, 0.5) is 0 Å². The fourth-order valence-electron chi connectivity index (χ4n) is 5.96. The average Bonchev–Trinajstić information content (AvgIpc) is 2.95. The minimum Gasteiger partial charge on any atom is -0.493 e. The molecule has 0 unspecified atom stereocenters. The molecular formula is C21H28O3. The van der Waals surface area contributed by atoms with E-state index in [9.17, 15) is 4.79 Å². The lowest BCUT2D eigenvalue weighted by Gasteiger charge is -2.49. The summed E-state index contributed by atoms with van der Waals surface area (Å²) in [5.41, 5.74) is 3.39. The number of hydrogen-bond acceptors (Lipinski definition) is 3. The number of carbonyl (C=O) groups is 1. The first-order valence-corrected chi connectivity index (χ1v) is 9.41. The maximum absolute atomic E-state index is 11.4. The summed E-state index contributed by atoms with van der Waals surface area (Å²) in [7, 11) is 1.66. The van der Waals surface area contributed by atoms with Crippen molar-refractivity contribution in [1.29, 1.82) is 0 Å². The molecule has 3 aliphatic carbocycles. The summed E-state index contributed by atoms with van der Waals surface area (Å²) in [6.07, 6.45) is 9.27. The molecule has 2 saturated carbocycles. The molecule has 1 aromatic rings. The van der Waals surface area contributed by atoms with Gasteiger partial charge >= 0.3 is 5.97 Å². The molecule has 0 saturated heterocycles. The predicted octanol–water partition coefficient (Wildman–Crippen LogP) is 4.87. The Kier molecular flexibility index (Phi) is 3.85. The van der Waals surface area contributed by atoms with Crippen molar-refractivity contribution in [3.63, 3.8) is 0 Å². The Morgan fingerprint density at radius 1 is 1.17 bits per heavy atom. The number of benzene rings is 1. The Hall–Kier alpha value is -1.51. The molecule has 0 aromatic heterocycles. The highest BCUT2D eigenvalue weighted by atomic mass is 16.6. The number of hydrogen-bond donors (Lipinski definition) is 0. The van der Waals surface area contributed by atoms with Gasteiger partial charge in [0.15, 0.2) is 11.5 Å². The molecule has 0 radical (unpaired) electrons. The van der Waals surface area contributed by atoms with E-state index >= 15 is 0 Å². The molecule has 4 rings (SSSR count). The Morgan fingerprint density at radius 2 is 2.00 bits per heavy atom. The minimum absolute atomic E-state index is 0.290. The van der Waals surface area contributed by atoms with Crippen LogP contribution < -0.4 is 9.47 Å². The molecule has 0 amide bonds. The summed E-state index contributed by atoms with van der Waals surface area (Å²) in [5, 5.41) is 0. The van der Waals surface area contributed by atoms with Crippen LogP contribution in [0.5, 0.6) is 11.5 Å². The van der Waals surface area contributed by atoms with E-state index in [-0.39, 0.29) is 5.97 Å². The summed E-state index contributed by atoms with van der Waals surface area (Å²) in [6, 6.07) is 4.20. The van der Waals surface area contributed by atoms with E-state index in [2.05, 4.69) is 13.0 Å². The van der Waals surface area contributed by atoms with Gasteiger partial charge in [0.1, 0.15) is 0 Å². The highest BCUT2D eigenvalue weighted by Crippen LogP contribution is 2.61. The van der Waals surface area contributed by atoms with Crippen LogP contribution >= 0.6 is 0 Å². The molecular weight excluding hydrogens is 300 g/mol. The number of ether oxygens (including phenoxy) is 2. The fraction of sp³-hybridized carbons (Fsp3) is 0.667. The fourth-order valence-corrected chi connectivity index (χ4v) is 5.96. The predicted molar refractivity (Wildman–Crippen MR) is 93.5 cm³/mol. The lowest BCUT2D eigenvalue weighted by Crippen LogP contribution is -2.39. The van der Waals surface area contributed by atoms with Crippen molar-refractivity contribution in [2.75, 3.05) is 7.11 Å². The first kappa shape index (κ1) is 16.0. The second-order valence-corrected chi connectivity index (χ2v) is 8.30. The van der Waals surface area contributed by atoms with Gasteiger partial charge in [-0.15, -0.1) is 0 Å². The number of fused-ring (bicyclic) bond motifs is 5. The van der Waals surface area contributed by atoms with Crippen LogP contribution in [0.25, 0.3) is 0 Å². The molecule has 0 aliphatic heterocycles. The molecule has 1 aromatic carbocycles. The van der Waals surface area contributed by atoms with Gasteiger partial charge in [-0.3, -0.25) is 4.79 Å². The SMILES string of the molecule is COc1cc2c(cc1OC(C)=O)CC[C@@H]1[C@@H]2CC[C@]2(C)CCC[C@@H]12. The molecule has 2 fully saturated rings. The Bertz CT molecular complexity index is 665. The van der Waals surface area contributed by atoms with Crippen LogP contribution in [-0.4, -0.2) is 13.1 Å². The van der Waals surface area contributed by atoms with E-state index in [4.69, 9.17) is 9.47 Å². The molecule has 3 heteroatoms. The molecule has 0 heterocycles. The normalized spacial score (nSPS) is 34.0. The van der Waals surface area contributed by atoms with E-state index in [1.165, 1.54) is 56.6 Å². The second kappa shape index (κ2) is 5.79. The van der Waals surface area contributed by atoms with E-state index in [1.807, 2.05) is 6.07 Å². The summed E-state index contributed by atoms with van der Waals surface area (Å²) >= 11 is 0. The zero-order valence-electron chi connectivity index (χ0n) is 15.1. The number of rotatable bonds is 2. The number of methoxy groups -OCH3 is 1. The molecule has 0 N–H and O–H groups in total. The Morgan fingerprint density at radius 3 is 2.75 bits per heavy atom. The second-order valence-electron chi connectivity index (χ2n) is 8.30. The summed E-state index contributed by atoms with van der Waals surface area (Å²) < 4.78 is 10.9. The zero-order chi connectivity index (χ0) is 16.9. The van der Waals surface area contributed by atoms with Gasteiger partial charge in [0.25, 0.3) is 0 Å². The van der Waals surface area contributed by atoms with Gasteiger partial charge in [-0.25, -0.2) is 0 Å². The summed E-state index contributed by atoms with van der Waals surface area (Å²) in [6.45, 7) is 3.97. The quantitative estimate of drug-likeness (QED) is 0.574. The van der Waals surface area contributed by atoms with Crippen molar-refractivity contribution in [1.82, 2.24) is 0 Å². The van der Waals surface area contributed by atoms with Crippen LogP contribution in [0.3, 0.4) is 0 Å². The van der Waals surface area contributed by atoms with Crippen LogP contribution in [0, 0.1) is 17.3 Å². The van der Waals surface area contributed by atoms with Gasteiger partial charge in [-0.2, -0.15) is 0 Å². The molecule has 130 valence electrons. The summed E-state index contributed by atoms with van der Waals surface area (Å²) in [5.74, 6) is 3.35. The lowest BCUT2D eigenvalue weighted by molar-refractivity contribution is -0.132. The molecule has 0 spiro atoms. The van der Waals surface area contributed by atoms with Crippen molar-refractivity contribution >= 4 is 5.97 Å². The lowest BCUT2D eigenvalue weighted by atomic mass is 9.56. The molecule has 4 atom stereocenters. The van der Waals surface area contributed by atoms with Crippen LogP contribution in [0.1, 0.15) is 69.4 Å². The van der Waals surface area contributed by atoms with Gasteiger partial charge in [0.2, 0.25) is 0 Å². The first-order chi connectivity index (χ1) is 11.5. The van der Waals surface area contributed by atoms with Crippen molar-refractivity contribution in [3.05, 3.63) is 23.3 Å². The van der Waals surface area contributed by atoms with Gasteiger partial charge in [-0.05, 0) is 85.0 Å². The number of carbonyl (C=O) groups excluding carboxylic acids is 1. The molecule has 0 bridgehead atoms. The highest BCUT2D eigenvalue weighted by molar-refractivity contribution is 5.71. The van der Waals surface area contributed by atoms with Gasteiger partial charge in [-0.1, -0.05) is 13.3 Å². The third kappa shape index (κ3) is 2.44. The standard InChI is InChI=1S/C21H28O3/c1-13(22)24-20-11-14-6-7-16-15(17(14)12-19(20)23-3)8-10-21(2)9-4-5-18(16)21/h11-12,15-16,18H,4-10H2,1-3H3/t15-,16+,18-,21-/m0/s1. The maximum Gasteiger partial charge on any atom is 0.308 e. The van der Waals surface area contributed by atoms with Gasteiger partial charge in [0, 0.05) is 6.92 Å². The first-order valence-electron chi connectivity index (χ1n) is 9.41. The number of esters is 1. The number of aryl methyl sites for hydroxylation is 1. The van der Waals surface area contributed by atoms with E-state index < -0.39 is 0 Å². The van der Waals surface area contributed by atoms with Crippen LogP contribution in [0.15, 0.2) is 12.1 Å². The van der Waals surface area contributed by atoms with Crippen molar-refractivity contribution in [2.45, 2.75) is 64.7 Å². The third-order valence-electron chi connectivity index (χ3n) is 7.04. The smallest absolute Gasteiger partial charge is 0.308 e.